The number of alkyl halides is 2. The topological polar surface area (TPSA) is 86.8 Å². The molecule has 0 spiro atoms. The van der Waals surface area contributed by atoms with Gasteiger partial charge in [0.2, 0.25) is 5.92 Å². The van der Waals surface area contributed by atoms with Crippen LogP contribution in [0.4, 0.5) is 24.7 Å². The summed E-state index contributed by atoms with van der Waals surface area (Å²) in [5, 5.41) is 9.69. The molecule has 0 radical (unpaired) electrons. The third kappa shape index (κ3) is 4.19. The van der Waals surface area contributed by atoms with E-state index in [0.717, 1.165) is 22.9 Å². The summed E-state index contributed by atoms with van der Waals surface area (Å²) in [4.78, 5) is 22.8. The van der Waals surface area contributed by atoms with Crippen LogP contribution < -0.4 is 5.32 Å². The lowest BCUT2D eigenvalue weighted by Crippen LogP contribution is -2.42. The van der Waals surface area contributed by atoms with E-state index in [0.29, 0.717) is 35.7 Å². The Hall–Kier alpha value is -4.21. The molecule has 1 aliphatic carbocycles. The maximum atomic E-state index is 14.5. The molecule has 0 bridgehead atoms. The zero-order chi connectivity index (χ0) is 24.9. The van der Waals surface area contributed by atoms with Crippen molar-refractivity contribution in [1.82, 2.24) is 25.1 Å². The quantitative estimate of drug-likeness (QED) is 0.377. The summed E-state index contributed by atoms with van der Waals surface area (Å²) in [5.41, 5.74) is 4.52. The highest BCUT2D eigenvalue weighted by Crippen LogP contribution is 2.43. The number of carbonyl (C=O) groups excluding carboxylic acids is 1. The predicted molar refractivity (Wildman–Crippen MR) is 127 cm³/mol. The summed E-state index contributed by atoms with van der Waals surface area (Å²) in [6, 6.07) is 12.6. The summed E-state index contributed by atoms with van der Waals surface area (Å²) in [7, 11) is 0. The number of nitrogens with one attached hydrogen (secondary N) is 2. The molecule has 2 N–H and O–H groups in total. The van der Waals surface area contributed by atoms with Gasteiger partial charge < -0.3 is 10.2 Å². The molecule has 3 heterocycles. The highest BCUT2D eigenvalue weighted by atomic mass is 19.3. The molecule has 0 unspecified atom stereocenters. The van der Waals surface area contributed by atoms with Crippen molar-refractivity contribution >= 4 is 17.4 Å². The number of halogens is 3. The molecule has 1 fully saturated rings. The summed E-state index contributed by atoms with van der Waals surface area (Å²) < 4.78 is 40.9. The fourth-order valence-electron chi connectivity index (χ4n) is 4.78. The van der Waals surface area contributed by atoms with Crippen molar-refractivity contribution in [3.05, 3.63) is 78.0 Å². The van der Waals surface area contributed by atoms with E-state index in [1.165, 1.54) is 0 Å². The average molecular weight is 490 g/mol. The van der Waals surface area contributed by atoms with Crippen LogP contribution in [-0.2, 0) is 6.54 Å². The lowest BCUT2D eigenvalue weighted by atomic mass is 9.81. The van der Waals surface area contributed by atoms with Crippen molar-refractivity contribution in [3.8, 4) is 22.5 Å². The molecule has 7 nitrogen and oxygen atoms in total. The first kappa shape index (κ1) is 22.3. The smallest absolute Gasteiger partial charge is 0.254 e. The minimum absolute atomic E-state index is 0.0279. The highest BCUT2D eigenvalue weighted by Gasteiger charge is 2.46. The monoisotopic (exact) mass is 490 g/mol. The normalized spacial score (nSPS) is 16.6. The Morgan fingerprint density at radius 2 is 1.83 bits per heavy atom. The molecule has 0 atom stereocenters. The summed E-state index contributed by atoms with van der Waals surface area (Å²) in [6.45, 7) is 0.665. The first-order valence-corrected chi connectivity index (χ1v) is 11.5. The molecule has 2 aromatic heterocycles. The first-order chi connectivity index (χ1) is 17.3. The molecule has 2 aromatic carbocycles. The number of hydrogen-bond donors (Lipinski definition) is 2. The number of rotatable bonds is 6. The van der Waals surface area contributed by atoms with E-state index in [2.05, 4.69) is 25.5 Å². The van der Waals surface area contributed by atoms with Gasteiger partial charge in [-0.3, -0.25) is 9.89 Å². The van der Waals surface area contributed by atoms with Gasteiger partial charge >= 0.3 is 0 Å². The van der Waals surface area contributed by atoms with Crippen LogP contribution in [-0.4, -0.2) is 43.4 Å². The number of nitrogens with zero attached hydrogens (tertiary/aromatic N) is 4. The standard InChI is InChI=1S/C26H21F3N6O/c27-22-12-30-23(34-24(22)33-20-4-1-16(2-5-20)19-10-31-32-11-19)17-3-6-21-18(7-17)14-35(25(21)36)13-15-8-26(28,29)9-15/h1-7,10-12,15H,8-9,13-14H2,(H,31,32)(H,30,33,34). The van der Waals surface area contributed by atoms with Crippen molar-refractivity contribution in [1.29, 1.82) is 0 Å². The molecular formula is C26H21F3N6O. The maximum Gasteiger partial charge on any atom is 0.254 e. The molecule has 2 aliphatic rings. The van der Waals surface area contributed by atoms with Crippen molar-refractivity contribution in [2.75, 3.05) is 11.9 Å². The van der Waals surface area contributed by atoms with Gasteiger partial charge in [0.05, 0.1) is 12.4 Å². The second kappa shape index (κ2) is 8.47. The molecule has 182 valence electrons. The Morgan fingerprint density at radius 1 is 1.06 bits per heavy atom. The van der Waals surface area contributed by atoms with Crippen molar-refractivity contribution in [2.24, 2.45) is 5.92 Å². The minimum Gasteiger partial charge on any atom is -0.338 e. The van der Waals surface area contributed by atoms with Crippen LogP contribution in [0.3, 0.4) is 0 Å². The zero-order valence-corrected chi connectivity index (χ0v) is 19.0. The van der Waals surface area contributed by atoms with Crippen molar-refractivity contribution < 1.29 is 18.0 Å². The summed E-state index contributed by atoms with van der Waals surface area (Å²) >= 11 is 0. The first-order valence-electron chi connectivity index (χ1n) is 11.5. The number of H-pyrrole nitrogens is 1. The fraction of sp³-hybridized carbons (Fsp3) is 0.231. The van der Waals surface area contributed by atoms with E-state index >= 15 is 0 Å². The molecule has 1 amide bonds. The second-order valence-electron chi connectivity index (χ2n) is 9.27. The van der Waals surface area contributed by atoms with Crippen LogP contribution >= 0.6 is 0 Å². The van der Waals surface area contributed by atoms with Gasteiger partial charge in [-0.15, -0.1) is 0 Å². The molecule has 4 aromatic rings. The maximum absolute atomic E-state index is 14.5. The number of aromatic nitrogens is 4. The Labute approximate surface area is 204 Å². The second-order valence-corrected chi connectivity index (χ2v) is 9.27. The molecule has 1 saturated carbocycles. The number of carbonyl (C=O) groups is 1. The van der Waals surface area contributed by atoms with Gasteiger partial charge in [-0.1, -0.05) is 18.2 Å². The largest absolute Gasteiger partial charge is 0.338 e. The summed E-state index contributed by atoms with van der Waals surface area (Å²) in [5.74, 6) is -3.21. The zero-order valence-electron chi connectivity index (χ0n) is 19.0. The van der Waals surface area contributed by atoms with Crippen molar-refractivity contribution in [3.63, 3.8) is 0 Å². The van der Waals surface area contributed by atoms with Gasteiger partial charge in [-0.2, -0.15) is 5.10 Å². The van der Waals surface area contributed by atoms with Gasteiger partial charge in [0, 0.05) is 54.5 Å². The van der Waals surface area contributed by atoms with Gasteiger partial charge in [0.1, 0.15) is 0 Å². The summed E-state index contributed by atoms with van der Waals surface area (Å²) in [6.07, 6.45) is 4.25. The van der Waals surface area contributed by atoms with Crippen LogP contribution in [0.5, 0.6) is 0 Å². The van der Waals surface area contributed by atoms with Crippen LogP contribution in [0.15, 0.2) is 61.1 Å². The predicted octanol–water partition coefficient (Wildman–Crippen LogP) is 5.42. The number of aromatic amines is 1. The Balaban J connectivity index is 1.19. The molecule has 1 aliphatic heterocycles. The van der Waals surface area contributed by atoms with E-state index in [1.807, 2.05) is 24.3 Å². The third-order valence-electron chi connectivity index (χ3n) is 6.62. The van der Waals surface area contributed by atoms with Crippen molar-refractivity contribution in [2.45, 2.75) is 25.3 Å². The van der Waals surface area contributed by atoms with E-state index in [-0.39, 0.29) is 30.5 Å². The van der Waals surface area contributed by atoms with E-state index in [9.17, 15) is 18.0 Å². The number of benzene rings is 2. The lowest BCUT2D eigenvalue weighted by Gasteiger charge is -2.37. The molecule has 6 rings (SSSR count). The van der Waals surface area contributed by atoms with E-state index < -0.39 is 11.7 Å². The van der Waals surface area contributed by atoms with Crippen LogP contribution in [0.1, 0.15) is 28.8 Å². The van der Waals surface area contributed by atoms with Gasteiger partial charge in [0.25, 0.3) is 5.91 Å². The molecule has 0 saturated heterocycles. The average Bonchev–Trinajstić information content (AvgIpc) is 3.48. The SMILES string of the molecule is O=C1c2ccc(-c3ncc(F)c(Nc4ccc(-c5cn[nH]c5)cc4)n3)cc2CN1CC1CC(F)(F)C1. The van der Waals surface area contributed by atoms with Gasteiger partial charge in [0.15, 0.2) is 17.5 Å². The molecule has 10 heteroatoms. The highest BCUT2D eigenvalue weighted by molar-refractivity contribution is 5.99. The lowest BCUT2D eigenvalue weighted by molar-refractivity contribution is -0.114. The molecular weight excluding hydrogens is 469 g/mol. The van der Waals surface area contributed by atoms with Crippen LogP contribution in [0.25, 0.3) is 22.5 Å². The Morgan fingerprint density at radius 3 is 2.56 bits per heavy atom. The number of fused-ring (bicyclic) bond motifs is 1. The molecule has 36 heavy (non-hydrogen) atoms. The van der Waals surface area contributed by atoms with Gasteiger partial charge in [-0.25, -0.2) is 23.1 Å². The number of anilines is 2. The fourth-order valence-corrected chi connectivity index (χ4v) is 4.78. The van der Waals surface area contributed by atoms with Crippen LogP contribution in [0, 0.1) is 11.7 Å². The third-order valence-corrected chi connectivity index (χ3v) is 6.62. The van der Waals surface area contributed by atoms with Gasteiger partial charge in [-0.05, 0) is 41.3 Å². The Kier molecular flexibility index (Phi) is 5.24. The van der Waals surface area contributed by atoms with E-state index in [4.69, 9.17) is 0 Å². The Bertz CT molecular complexity index is 1430. The minimum atomic E-state index is -2.61. The van der Waals surface area contributed by atoms with E-state index in [1.54, 1.807) is 35.5 Å². The number of amides is 1. The number of hydrogen-bond acceptors (Lipinski definition) is 5. The van der Waals surface area contributed by atoms with Crippen LogP contribution in [0.2, 0.25) is 0 Å².